The number of benzene rings is 4. The van der Waals surface area contributed by atoms with Gasteiger partial charge >= 0.3 is 0 Å². The van der Waals surface area contributed by atoms with Crippen LogP contribution in [-0.2, 0) is 0 Å². The lowest BCUT2D eigenvalue weighted by molar-refractivity contribution is 1.28. The molecule has 0 spiro atoms. The number of hydrogen-bond donors (Lipinski definition) is 0. The van der Waals surface area contributed by atoms with Crippen LogP contribution in [0.25, 0.3) is 11.0 Å². The van der Waals surface area contributed by atoms with Crippen LogP contribution in [0.3, 0.4) is 0 Å². The van der Waals surface area contributed by atoms with Crippen LogP contribution in [-0.4, -0.2) is 9.97 Å². The molecular weight excluding hydrogens is 418 g/mol. The van der Waals surface area contributed by atoms with Crippen molar-refractivity contribution in [1.29, 1.82) is 10.5 Å². The summed E-state index contributed by atoms with van der Waals surface area (Å²) in [5, 5.41) is 15.2. The molecule has 1 heterocycles. The Hall–Kier alpha value is -5.00. The maximum Gasteiger partial charge on any atom is 0.122 e. The molecular formula is C29H23N5. The average Bonchev–Trinajstić information content (AvgIpc) is 2.92. The Balaban J connectivity index is 0.000000180. The van der Waals surface area contributed by atoms with E-state index in [1.165, 1.54) is 17.1 Å². The summed E-state index contributed by atoms with van der Waals surface area (Å²) in [6.45, 7) is 0. The van der Waals surface area contributed by atoms with Crippen LogP contribution in [0.2, 0.25) is 0 Å². The zero-order chi connectivity index (χ0) is 23.8. The maximum atomic E-state index is 7.59. The number of nitrogens with zero attached hydrogens (tertiary/aromatic N) is 5. The van der Waals surface area contributed by atoms with Crippen LogP contribution in [0, 0.1) is 22.7 Å². The van der Waals surface area contributed by atoms with E-state index in [-0.39, 0.29) is 6.42 Å². The molecule has 0 amide bonds. The molecule has 0 saturated carbocycles. The zero-order valence-electron chi connectivity index (χ0n) is 18.6. The van der Waals surface area contributed by atoms with E-state index < -0.39 is 0 Å². The van der Waals surface area contributed by atoms with Crippen molar-refractivity contribution in [2.24, 2.45) is 0 Å². The summed E-state index contributed by atoms with van der Waals surface area (Å²) in [4.78, 5) is 10.5. The van der Waals surface area contributed by atoms with E-state index in [1.807, 2.05) is 42.5 Å². The minimum atomic E-state index is 0. The fraction of sp³-hybridized carbons (Fsp3) is 0.0345. The highest BCUT2D eigenvalue weighted by atomic mass is 15.1. The van der Waals surface area contributed by atoms with Crippen molar-refractivity contribution in [3.05, 3.63) is 128 Å². The molecule has 164 valence electrons. The molecule has 0 aliphatic rings. The van der Waals surface area contributed by atoms with E-state index in [0.29, 0.717) is 0 Å². The van der Waals surface area contributed by atoms with Crippen molar-refractivity contribution >= 4 is 28.1 Å². The zero-order valence-corrected chi connectivity index (χ0v) is 18.6. The molecule has 0 unspecified atom stereocenters. The molecule has 0 aliphatic heterocycles. The van der Waals surface area contributed by atoms with Gasteiger partial charge in [-0.05, 0) is 48.5 Å². The van der Waals surface area contributed by atoms with E-state index in [2.05, 4.69) is 87.7 Å². The molecule has 1 aromatic heterocycles. The normalized spacial score (nSPS) is 9.24. The van der Waals surface area contributed by atoms with Crippen LogP contribution < -0.4 is 4.90 Å². The minimum absolute atomic E-state index is 0. The average molecular weight is 442 g/mol. The molecule has 0 bridgehead atoms. The lowest BCUT2D eigenvalue weighted by Gasteiger charge is -2.25. The van der Waals surface area contributed by atoms with E-state index in [9.17, 15) is 0 Å². The molecule has 34 heavy (non-hydrogen) atoms. The molecule has 0 N–H and O–H groups in total. The summed E-state index contributed by atoms with van der Waals surface area (Å²) >= 11 is 0. The Labute approximate surface area is 199 Å². The van der Waals surface area contributed by atoms with Gasteiger partial charge in [0.1, 0.15) is 6.42 Å². The van der Waals surface area contributed by atoms with Crippen LogP contribution in [0.4, 0.5) is 17.1 Å². The Morgan fingerprint density at radius 3 is 1.12 bits per heavy atom. The Morgan fingerprint density at radius 1 is 0.500 bits per heavy atom. The molecule has 5 rings (SSSR count). The largest absolute Gasteiger partial charge is 0.311 e. The molecule has 0 fully saturated rings. The third kappa shape index (κ3) is 7.02. The topological polar surface area (TPSA) is 76.6 Å². The van der Waals surface area contributed by atoms with Gasteiger partial charge in [-0.25, -0.2) is 0 Å². The van der Waals surface area contributed by atoms with E-state index in [0.717, 1.165) is 11.0 Å². The van der Waals surface area contributed by atoms with Crippen molar-refractivity contribution in [2.75, 3.05) is 4.90 Å². The fourth-order valence-corrected chi connectivity index (χ4v) is 3.12. The number of fused-ring (bicyclic) bond motifs is 1. The van der Waals surface area contributed by atoms with Crippen LogP contribution in [0.5, 0.6) is 0 Å². The first-order chi connectivity index (χ1) is 16.8. The number of nitriles is 2. The van der Waals surface area contributed by atoms with E-state index >= 15 is 0 Å². The Kier molecular flexibility index (Phi) is 9.34. The second-order valence-corrected chi connectivity index (χ2v) is 6.88. The minimum Gasteiger partial charge on any atom is -0.311 e. The summed E-state index contributed by atoms with van der Waals surface area (Å²) in [5.41, 5.74) is 5.40. The van der Waals surface area contributed by atoms with Gasteiger partial charge in [-0.15, -0.1) is 0 Å². The van der Waals surface area contributed by atoms with Gasteiger partial charge in [0, 0.05) is 29.5 Å². The number of hydrogen-bond acceptors (Lipinski definition) is 5. The van der Waals surface area contributed by atoms with Crippen molar-refractivity contribution in [3.8, 4) is 12.1 Å². The SMILES string of the molecule is N#CCC#N.c1ccc(N(c2ccccc2)c2ccccc2)cc1.c1ccc2nccnc2c1. The molecule has 5 heteroatoms. The Morgan fingerprint density at radius 2 is 0.824 bits per heavy atom. The molecule has 0 saturated heterocycles. The van der Waals surface area contributed by atoms with Gasteiger partial charge in [0.2, 0.25) is 0 Å². The first-order valence-corrected chi connectivity index (χ1v) is 10.7. The number of rotatable bonds is 3. The van der Waals surface area contributed by atoms with Gasteiger partial charge in [0.15, 0.2) is 0 Å². The molecule has 0 atom stereocenters. The highest BCUT2D eigenvalue weighted by Crippen LogP contribution is 2.33. The van der Waals surface area contributed by atoms with Crippen LogP contribution in [0.15, 0.2) is 128 Å². The monoisotopic (exact) mass is 441 g/mol. The number of aromatic nitrogens is 2. The summed E-state index contributed by atoms with van der Waals surface area (Å²) < 4.78 is 0. The lowest BCUT2D eigenvalue weighted by Crippen LogP contribution is -2.09. The fourth-order valence-electron chi connectivity index (χ4n) is 3.12. The standard InChI is InChI=1S/C18H15N.C8H6N2.C3H2N2/c1-4-10-16(11-5-1)19(17-12-6-2-7-13-17)18-14-8-3-9-15-18;1-2-4-8-7(3-1)9-5-6-10-8;4-2-1-3-5/h1-15H;1-6H;1H2. The number of anilines is 3. The highest BCUT2D eigenvalue weighted by molar-refractivity contribution is 5.76. The first kappa shape index (κ1) is 23.7. The summed E-state index contributed by atoms with van der Waals surface area (Å²) in [7, 11) is 0. The van der Waals surface area contributed by atoms with Crippen LogP contribution in [0.1, 0.15) is 6.42 Å². The van der Waals surface area contributed by atoms with Crippen LogP contribution >= 0.6 is 0 Å². The molecule has 0 aliphatic carbocycles. The second-order valence-electron chi connectivity index (χ2n) is 6.88. The van der Waals surface area contributed by atoms with Crippen molar-refractivity contribution in [1.82, 2.24) is 9.97 Å². The van der Waals surface area contributed by atoms with E-state index in [1.54, 1.807) is 24.5 Å². The predicted molar refractivity (Wildman–Crippen MR) is 137 cm³/mol. The maximum absolute atomic E-state index is 7.59. The number of para-hydroxylation sites is 5. The third-order valence-corrected chi connectivity index (χ3v) is 4.58. The van der Waals surface area contributed by atoms with Crippen molar-refractivity contribution < 1.29 is 0 Å². The van der Waals surface area contributed by atoms with Gasteiger partial charge in [0.05, 0.1) is 23.2 Å². The van der Waals surface area contributed by atoms with Crippen molar-refractivity contribution in [3.63, 3.8) is 0 Å². The molecule has 5 aromatic rings. The van der Waals surface area contributed by atoms with Gasteiger partial charge in [-0.2, -0.15) is 10.5 Å². The lowest BCUT2D eigenvalue weighted by atomic mass is 10.2. The smallest absolute Gasteiger partial charge is 0.122 e. The van der Waals surface area contributed by atoms with Crippen molar-refractivity contribution in [2.45, 2.75) is 6.42 Å². The van der Waals surface area contributed by atoms with Gasteiger partial charge < -0.3 is 4.90 Å². The Bertz CT molecular complexity index is 1170. The van der Waals surface area contributed by atoms with E-state index in [4.69, 9.17) is 10.5 Å². The summed E-state index contributed by atoms with van der Waals surface area (Å²) in [6, 6.07) is 42.4. The van der Waals surface area contributed by atoms with Gasteiger partial charge in [0.25, 0.3) is 0 Å². The quantitative estimate of drug-likeness (QED) is 0.296. The third-order valence-electron chi connectivity index (χ3n) is 4.58. The summed E-state index contributed by atoms with van der Waals surface area (Å²) in [6.07, 6.45) is 3.39. The predicted octanol–water partition coefficient (Wildman–Crippen LogP) is 7.21. The first-order valence-electron chi connectivity index (χ1n) is 10.7. The molecule has 0 radical (unpaired) electrons. The second kappa shape index (κ2) is 13.4. The highest BCUT2D eigenvalue weighted by Gasteiger charge is 2.10. The summed E-state index contributed by atoms with van der Waals surface area (Å²) in [5.74, 6) is 0. The molecule has 4 aromatic carbocycles. The molecule has 5 nitrogen and oxygen atoms in total. The van der Waals surface area contributed by atoms with Gasteiger partial charge in [-0.3, -0.25) is 9.97 Å². The van der Waals surface area contributed by atoms with Gasteiger partial charge in [-0.1, -0.05) is 66.7 Å².